The van der Waals surface area contributed by atoms with Crippen molar-refractivity contribution in [1.82, 2.24) is 0 Å². The maximum absolute atomic E-state index is 13.1. The second kappa shape index (κ2) is 9.61. The molecule has 31 heavy (non-hydrogen) atoms. The highest BCUT2D eigenvalue weighted by atomic mass is 19.4. The van der Waals surface area contributed by atoms with E-state index in [1.54, 1.807) is 13.0 Å². The first-order chi connectivity index (χ1) is 14.8. The van der Waals surface area contributed by atoms with E-state index in [9.17, 15) is 22.8 Å². The number of quaternary nitrogens is 1. The number of benzene rings is 3. The smallest absolute Gasteiger partial charge is 0.321 e. The normalized spacial score (nSPS) is 12.4. The van der Waals surface area contributed by atoms with E-state index in [0.717, 1.165) is 16.8 Å². The summed E-state index contributed by atoms with van der Waals surface area (Å²) >= 11 is 0. The zero-order valence-electron chi connectivity index (χ0n) is 16.9. The molecule has 0 saturated carbocycles. The Balaban J connectivity index is 1.63. The summed E-state index contributed by atoms with van der Waals surface area (Å²) in [6.45, 7) is 2.13. The van der Waals surface area contributed by atoms with Crippen molar-refractivity contribution < 1.29 is 27.7 Å². The van der Waals surface area contributed by atoms with Crippen molar-refractivity contribution in [3.63, 3.8) is 0 Å². The molecule has 3 N–H and O–H groups in total. The number of carbonyl (C=O) groups excluding carboxylic acids is 2. The third kappa shape index (κ3) is 5.82. The molecule has 0 fully saturated rings. The molecule has 0 heterocycles. The predicted octanol–water partition coefficient (Wildman–Crippen LogP) is 3.34. The van der Waals surface area contributed by atoms with Gasteiger partial charge in [-0.3, -0.25) is 9.59 Å². The highest BCUT2D eigenvalue weighted by Gasteiger charge is 2.33. The minimum atomic E-state index is -4.57. The van der Waals surface area contributed by atoms with Crippen LogP contribution in [-0.4, -0.2) is 31.4 Å². The number of para-hydroxylation sites is 1. The zero-order chi connectivity index (χ0) is 22.4. The maximum atomic E-state index is 13.1. The molecule has 0 aromatic heterocycles. The fourth-order valence-corrected chi connectivity index (χ4v) is 3.33. The van der Waals surface area contributed by atoms with Crippen molar-refractivity contribution in [3.8, 4) is 0 Å². The summed E-state index contributed by atoms with van der Waals surface area (Å²) in [5, 5.41) is 7.07. The molecule has 5 nitrogen and oxygen atoms in total. The van der Waals surface area contributed by atoms with Gasteiger partial charge in [0.1, 0.15) is 0 Å². The molecule has 0 bridgehead atoms. The Labute approximate surface area is 177 Å². The van der Waals surface area contributed by atoms with Crippen LogP contribution in [0.3, 0.4) is 0 Å². The molecule has 0 aliphatic rings. The largest absolute Gasteiger partial charge is 0.418 e. The molecule has 0 radical (unpaired) electrons. The molecule has 0 saturated heterocycles. The van der Waals surface area contributed by atoms with Crippen molar-refractivity contribution >= 4 is 34.0 Å². The van der Waals surface area contributed by atoms with E-state index >= 15 is 0 Å². The lowest BCUT2D eigenvalue weighted by Crippen LogP contribution is -3.13. The third-order valence-corrected chi connectivity index (χ3v) is 4.89. The van der Waals surface area contributed by atoms with Gasteiger partial charge in [0.05, 0.1) is 17.8 Å². The summed E-state index contributed by atoms with van der Waals surface area (Å²) in [6, 6.07) is 18.0. The number of hydrogen-bond donors (Lipinski definition) is 3. The van der Waals surface area contributed by atoms with E-state index in [0.29, 0.717) is 17.1 Å². The summed E-state index contributed by atoms with van der Waals surface area (Å²) in [4.78, 5) is 25.5. The van der Waals surface area contributed by atoms with E-state index in [1.807, 2.05) is 36.4 Å². The van der Waals surface area contributed by atoms with Gasteiger partial charge in [0.2, 0.25) is 0 Å². The van der Waals surface area contributed by atoms with Gasteiger partial charge in [0.15, 0.2) is 13.1 Å². The number of hydrogen-bond acceptors (Lipinski definition) is 2. The Morgan fingerprint density at radius 2 is 1.35 bits per heavy atom. The van der Waals surface area contributed by atoms with Crippen LogP contribution in [0.5, 0.6) is 0 Å². The summed E-state index contributed by atoms with van der Waals surface area (Å²) in [7, 11) is 0. The van der Waals surface area contributed by atoms with Crippen LogP contribution in [-0.2, 0) is 15.8 Å². The molecule has 2 amide bonds. The van der Waals surface area contributed by atoms with Crippen LogP contribution in [0.1, 0.15) is 12.5 Å². The Bertz CT molecular complexity index is 1080. The van der Waals surface area contributed by atoms with Crippen LogP contribution in [0.15, 0.2) is 66.7 Å². The molecule has 8 heteroatoms. The molecule has 3 rings (SSSR count). The van der Waals surface area contributed by atoms with E-state index in [4.69, 9.17) is 0 Å². The van der Waals surface area contributed by atoms with Crippen molar-refractivity contribution in [1.29, 1.82) is 0 Å². The van der Waals surface area contributed by atoms with Gasteiger partial charge in [-0.2, -0.15) is 13.2 Å². The number of halogens is 3. The quantitative estimate of drug-likeness (QED) is 0.539. The lowest BCUT2D eigenvalue weighted by molar-refractivity contribution is -0.881. The lowest BCUT2D eigenvalue weighted by atomic mass is 10.1. The monoisotopic (exact) mass is 430 g/mol. The van der Waals surface area contributed by atoms with Gasteiger partial charge in [-0.15, -0.1) is 0 Å². The number of nitrogens with one attached hydrogen (secondary N) is 3. The van der Waals surface area contributed by atoms with Gasteiger partial charge in [0.25, 0.3) is 11.8 Å². The number of anilines is 2. The molecule has 1 atom stereocenters. The summed E-state index contributed by atoms with van der Waals surface area (Å²) in [5.41, 5.74) is -0.534. The van der Waals surface area contributed by atoms with Gasteiger partial charge in [0, 0.05) is 11.1 Å². The molecule has 0 spiro atoms. The van der Waals surface area contributed by atoms with E-state index in [1.165, 1.54) is 18.2 Å². The van der Waals surface area contributed by atoms with Crippen molar-refractivity contribution in [2.24, 2.45) is 0 Å². The second-order valence-corrected chi connectivity index (χ2v) is 7.12. The van der Waals surface area contributed by atoms with Crippen LogP contribution in [0.4, 0.5) is 24.5 Å². The van der Waals surface area contributed by atoms with Crippen LogP contribution in [0.2, 0.25) is 0 Å². The summed E-state index contributed by atoms with van der Waals surface area (Å²) in [5.74, 6) is -0.872. The molecule has 1 unspecified atom stereocenters. The average Bonchev–Trinajstić information content (AvgIpc) is 2.73. The Morgan fingerprint density at radius 3 is 2.03 bits per heavy atom. The number of fused-ring (bicyclic) bond motifs is 1. The molecule has 162 valence electrons. The van der Waals surface area contributed by atoms with Crippen molar-refractivity contribution in [3.05, 3.63) is 72.3 Å². The minimum absolute atomic E-state index is 0.00799. The van der Waals surface area contributed by atoms with Gasteiger partial charge in [-0.05, 0) is 30.5 Å². The molecular weight excluding hydrogens is 407 g/mol. The van der Waals surface area contributed by atoms with Crippen LogP contribution in [0, 0.1) is 0 Å². The van der Waals surface area contributed by atoms with Gasteiger partial charge < -0.3 is 15.5 Å². The number of alkyl halides is 3. The first-order valence-corrected chi connectivity index (χ1v) is 9.85. The molecule has 0 aliphatic carbocycles. The van der Waals surface area contributed by atoms with E-state index in [2.05, 4.69) is 10.6 Å². The fourth-order valence-electron chi connectivity index (χ4n) is 3.33. The highest BCUT2D eigenvalue weighted by molar-refractivity contribution is 6.02. The SMILES string of the molecule is CC[NH+](CC(=O)Nc1ccccc1C(F)(F)F)CC(=O)Nc1cccc2ccccc12. The molecular formula is C23H23F3N3O2+. The lowest BCUT2D eigenvalue weighted by Gasteiger charge is -2.18. The van der Waals surface area contributed by atoms with Gasteiger partial charge >= 0.3 is 6.18 Å². The summed E-state index contributed by atoms with van der Waals surface area (Å²) in [6.07, 6.45) is -4.57. The van der Waals surface area contributed by atoms with Crippen LogP contribution < -0.4 is 15.5 Å². The third-order valence-electron chi connectivity index (χ3n) is 4.89. The Kier molecular flexibility index (Phi) is 6.91. The second-order valence-electron chi connectivity index (χ2n) is 7.12. The van der Waals surface area contributed by atoms with Crippen LogP contribution >= 0.6 is 0 Å². The van der Waals surface area contributed by atoms with Gasteiger partial charge in [-0.1, -0.05) is 48.5 Å². The topological polar surface area (TPSA) is 62.6 Å². The van der Waals surface area contributed by atoms with E-state index in [-0.39, 0.29) is 24.7 Å². The van der Waals surface area contributed by atoms with Crippen molar-refractivity contribution in [2.45, 2.75) is 13.1 Å². The molecule has 3 aromatic rings. The summed E-state index contributed by atoms with van der Waals surface area (Å²) < 4.78 is 39.3. The standard InChI is InChI=1S/C23H22F3N3O2/c1-2-29(15-22(31)28-20-12-6-5-11-18(20)23(24,25)26)14-21(30)27-19-13-7-9-16-8-3-4-10-17(16)19/h3-13H,2,14-15H2,1H3,(H,27,30)(H,28,31)/p+1. The Morgan fingerprint density at radius 1 is 0.806 bits per heavy atom. The first kappa shape index (κ1) is 22.3. The number of carbonyl (C=O) groups is 2. The maximum Gasteiger partial charge on any atom is 0.418 e. The fraction of sp³-hybridized carbons (Fsp3) is 0.217. The minimum Gasteiger partial charge on any atom is -0.321 e. The Hall–Kier alpha value is -3.39. The number of likely N-dealkylation sites (N-methyl/N-ethyl adjacent to an activating group) is 1. The van der Waals surface area contributed by atoms with Gasteiger partial charge in [-0.25, -0.2) is 0 Å². The number of rotatable bonds is 7. The first-order valence-electron chi connectivity index (χ1n) is 9.85. The number of amides is 2. The molecule has 0 aliphatic heterocycles. The molecule has 3 aromatic carbocycles. The predicted molar refractivity (Wildman–Crippen MR) is 114 cm³/mol. The highest BCUT2D eigenvalue weighted by Crippen LogP contribution is 2.34. The zero-order valence-corrected chi connectivity index (χ0v) is 16.9. The van der Waals surface area contributed by atoms with E-state index < -0.39 is 17.6 Å². The average molecular weight is 430 g/mol. The van der Waals surface area contributed by atoms with Crippen molar-refractivity contribution in [2.75, 3.05) is 30.3 Å². The van der Waals surface area contributed by atoms with Crippen LogP contribution in [0.25, 0.3) is 10.8 Å².